The standard InChI is InChI=1S/C8H4O3.C4H6O3/c9-7-5-3-1-2-4-6(5)8(10)11-7;1-3(5)7-4(2)6/h1-4H;1-2H3. The molecule has 0 saturated carbocycles. The van der Waals surface area contributed by atoms with Crippen LogP contribution in [0.15, 0.2) is 24.3 Å². The number of hydrogen-bond acceptors (Lipinski definition) is 6. The van der Waals surface area contributed by atoms with Crippen molar-refractivity contribution in [2.75, 3.05) is 0 Å². The number of ether oxygens (including phenoxy) is 2. The number of cyclic esters (lactones) is 2. The van der Waals surface area contributed by atoms with Gasteiger partial charge in [0, 0.05) is 13.8 Å². The van der Waals surface area contributed by atoms with Gasteiger partial charge in [-0.25, -0.2) is 9.59 Å². The van der Waals surface area contributed by atoms with E-state index < -0.39 is 23.9 Å². The highest BCUT2D eigenvalue weighted by molar-refractivity contribution is 6.14. The van der Waals surface area contributed by atoms with Crippen LogP contribution in [0.5, 0.6) is 0 Å². The number of carbonyl (C=O) groups is 4. The van der Waals surface area contributed by atoms with Crippen molar-refractivity contribution >= 4 is 23.9 Å². The summed E-state index contributed by atoms with van der Waals surface area (Å²) < 4.78 is 8.33. The van der Waals surface area contributed by atoms with Crippen LogP contribution in [0.4, 0.5) is 0 Å². The molecule has 0 spiro atoms. The first-order valence-corrected chi connectivity index (χ1v) is 4.96. The van der Waals surface area contributed by atoms with Gasteiger partial charge in [0.05, 0.1) is 11.1 Å². The van der Waals surface area contributed by atoms with Crippen LogP contribution in [0, 0.1) is 0 Å². The van der Waals surface area contributed by atoms with Gasteiger partial charge in [-0.15, -0.1) is 0 Å². The summed E-state index contributed by atoms with van der Waals surface area (Å²) in [5.41, 5.74) is 0.718. The summed E-state index contributed by atoms with van der Waals surface area (Å²) in [5, 5.41) is 0. The van der Waals surface area contributed by atoms with Crippen molar-refractivity contribution in [3.8, 4) is 0 Å². The molecule has 0 aliphatic carbocycles. The van der Waals surface area contributed by atoms with E-state index in [0.29, 0.717) is 11.1 Å². The maximum Gasteiger partial charge on any atom is 0.346 e. The van der Waals surface area contributed by atoms with Crippen LogP contribution in [0.25, 0.3) is 0 Å². The van der Waals surface area contributed by atoms with E-state index in [-0.39, 0.29) is 0 Å². The van der Waals surface area contributed by atoms with Crippen LogP contribution in [0.3, 0.4) is 0 Å². The SMILES string of the molecule is CC(=O)OC(C)=O.O=C1OC(=O)c2ccccc21. The molecule has 0 amide bonds. The van der Waals surface area contributed by atoms with Crippen LogP contribution in [0.1, 0.15) is 34.6 Å². The highest BCUT2D eigenvalue weighted by Crippen LogP contribution is 2.18. The number of esters is 4. The minimum atomic E-state index is -0.562. The Morgan fingerprint density at radius 2 is 1.33 bits per heavy atom. The average molecular weight is 250 g/mol. The normalized spacial score (nSPS) is 11.9. The predicted molar refractivity (Wildman–Crippen MR) is 58.6 cm³/mol. The quantitative estimate of drug-likeness (QED) is 0.506. The summed E-state index contributed by atoms with van der Waals surface area (Å²) in [7, 11) is 0. The number of fused-ring (bicyclic) bond motifs is 1. The number of hydrogen-bond donors (Lipinski definition) is 0. The molecule has 6 heteroatoms. The molecule has 0 N–H and O–H groups in total. The van der Waals surface area contributed by atoms with Crippen molar-refractivity contribution in [1.82, 2.24) is 0 Å². The molecule has 0 aromatic heterocycles. The van der Waals surface area contributed by atoms with E-state index in [2.05, 4.69) is 9.47 Å². The van der Waals surface area contributed by atoms with E-state index in [1.807, 2.05) is 0 Å². The second-order valence-electron chi connectivity index (χ2n) is 3.31. The maximum atomic E-state index is 10.8. The van der Waals surface area contributed by atoms with Gasteiger partial charge >= 0.3 is 23.9 Å². The second-order valence-corrected chi connectivity index (χ2v) is 3.31. The van der Waals surface area contributed by atoms with E-state index in [9.17, 15) is 19.2 Å². The van der Waals surface area contributed by atoms with Crippen molar-refractivity contribution < 1.29 is 28.7 Å². The van der Waals surface area contributed by atoms with Crippen molar-refractivity contribution in [1.29, 1.82) is 0 Å². The molecular formula is C12H10O6. The number of carbonyl (C=O) groups excluding carboxylic acids is 4. The lowest BCUT2D eigenvalue weighted by molar-refractivity contribution is -0.156. The number of benzene rings is 1. The highest BCUT2D eigenvalue weighted by Gasteiger charge is 2.28. The molecule has 1 aromatic carbocycles. The van der Waals surface area contributed by atoms with E-state index in [1.165, 1.54) is 13.8 Å². The third kappa shape index (κ3) is 3.51. The van der Waals surface area contributed by atoms with Gasteiger partial charge in [0.2, 0.25) is 0 Å². The lowest BCUT2D eigenvalue weighted by atomic mass is 10.1. The molecule has 6 nitrogen and oxygen atoms in total. The first kappa shape index (κ1) is 13.6. The zero-order valence-corrected chi connectivity index (χ0v) is 9.76. The predicted octanol–water partition coefficient (Wildman–Crippen LogP) is 1.09. The van der Waals surface area contributed by atoms with Gasteiger partial charge in [0.15, 0.2) is 0 Å². The van der Waals surface area contributed by atoms with Crippen molar-refractivity contribution in [3.63, 3.8) is 0 Å². The Bertz CT molecular complexity index is 472. The molecule has 0 unspecified atom stereocenters. The van der Waals surface area contributed by atoms with E-state index in [4.69, 9.17) is 0 Å². The van der Waals surface area contributed by atoms with Crippen molar-refractivity contribution in [2.45, 2.75) is 13.8 Å². The summed E-state index contributed by atoms with van der Waals surface area (Å²) in [4.78, 5) is 41.3. The smallest absolute Gasteiger partial charge is 0.346 e. The Morgan fingerprint density at radius 3 is 1.61 bits per heavy atom. The minimum absolute atomic E-state index is 0.359. The Kier molecular flexibility index (Phi) is 4.31. The summed E-state index contributed by atoms with van der Waals surface area (Å²) in [6, 6.07) is 6.53. The van der Waals surface area contributed by atoms with Gasteiger partial charge in [0.1, 0.15) is 0 Å². The average Bonchev–Trinajstić information content (AvgIpc) is 2.55. The number of rotatable bonds is 0. The van der Waals surface area contributed by atoms with Crippen LogP contribution < -0.4 is 0 Å². The summed E-state index contributed by atoms with van der Waals surface area (Å²) in [6.07, 6.45) is 0. The fourth-order valence-electron chi connectivity index (χ4n) is 1.24. The Morgan fingerprint density at radius 1 is 0.944 bits per heavy atom. The first-order chi connectivity index (χ1) is 8.41. The van der Waals surface area contributed by atoms with Crippen LogP contribution in [-0.2, 0) is 19.1 Å². The molecule has 1 aromatic rings. The van der Waals surface area contributed by atoms with Crippen molar-refractivity contribution in [2.24, 2.45) is 0 Å². The van der Waals surface area contributed by atoms with E-state index in [1.54, 1.807) is 24.3 Å². The second kappa shape index (κ2) is 5.72. The van der Waals surface area contributed by atoms with Gasteiger partial charge in [0.25, 0.3) is 0 Å². The van der Waals surface area contributed by atoms with Gasteiger partial charge in [-0.2, -0.15) is 0 Å². The summed E-state index contributed by atoms with van der Waals surface area (Å²) in [5.74, 6) is -2.23. The Balaban J connectivity index is 0.000000203. The van der Waals surface area contributed by atoms with Crippen molar-refractivity contribution in [3.05, 3.63) is 35.4 Å². The van der Waals surface area contributed by atoms with Crippen LogP contribution in [-0.4, -0.2) is 23.9 Å². The molecule has 0 saturated heterocycles. The third-order valence-electron chi connectivity index (χ3n) is 1.84. The van der Waals surface area contributed by atoms with E-state index >= 15 is 0 Å². The monoisotopic (exact) mass is 250 g/mol. The van der Waals surface area contributed by atoms with Crippen LogP contribution in [0.2, 0.25) is 0 Å². The van der Waals surface area contributed by atoms with E-state index in [0.717, 1.165) is 0 Å². The lowest BCUT2D eigenvalue weighted by Crippen LogP contribution is -2.03. The maximum absolute atomic E-state index is 10.8. The molecule has 0 radical (unpaired) electrons. The third-order valence-corrected chi connectivity index (χ3v) is 1.84. The molecule has 18 heavy (non-hydrogen) atoms. The first-order valence-electron chi connectivity index (χ1n) is 4.96. The molecule has 0 atom stereocenters. The Hall–Kier alpha value is -2.50. The minimum Gasteiger partial charge on any atom is -0.394 e. The van der Waals surface area contributed by atoms with Gasteiger partial charge < -0.3 is 9.47 Å². The fraction of sp³-hybridized carbons (Fsp3) is 0.167. The molecule has 0 bridgehead atoms. The summed E-state index contributed by atoms with van der Waals surface area (Å²) in [6.45, 7) is 2.36. The lowest BCUT2D eigenvalue weighted by Gasteiger charge is -1.87. The molecule has 2 rings (SSSR count). The molecule has 1 heterocycles. The summed E-state index contributed by atoms with van der Waals surface area (Å²) >= 11 is 0. The van der Waals surface area contributed by atoms with Crippen LogP contribution >= 0.6 is 0 Å². The molecule has 0 fully saturated rings. The molecule has 1 aliphatic heterocycles. The highest BCUT2D eigenvalue weighted by atomic mass is 16.6. The topological polar surface area (TPSA) is 86.7 Å². The Labute approximate surface area is 102 Å². The molecule has 94 valence electrons. The molecular weight excluding hydrogens is 240 g/mol. The zero-order valence-electron chi connectivity index (χ0n) is 9.76. The molecule has 1 aliphatic rings. The van der Waals surface area contributed by atoms with Gasteiger partial charge in [-0.1, -0.05) is 12.1 Å². The van der Waals surface area contributed by atoms with Gasteiger partial charge in [-0.05, 0) is 12.1 Å². The largest absolute Gasteiger partial charge is 0.394 e. The van der Waals surface area contributed by atoms with Gasteiger partial charge in [-0.3, -0.25) is 9.59 Å². The fourth-order valence-corrected chi connectivity index (χ4v) is 1.24. The zero-order chi connectivity index (χ0) is 13.7.